The minimum absolute atomic E-state index is 0.230. The van der Waals surface area contributed by atoms with E-state index in [1.54, 1.807) is 0 Å². The third-order valence-electron chi connectivity index (χ3n) is 4.78. The van der Waals surface area contributed by atoms with Crippen LogP contribution in [0.15, 0.2) is 6.20 Å². The van der Waals surface area contributed by atoms with E-state index in [4.69, 9.17) is 4.74 Å². The number of aryl methyl sites for hydroxylation is 1. The van der Waals surface area contributed by atoms with Crippen molar-refractivity contribution in [3.8, 4) is 0 Å². The molecule has 0 amide bonds. The maximum atomic E-state index is 10.7. The first-order chi connectivity index (χ1) is 9.67. The van der Waals surface area contributed by atoms with Gasteiger partial charge in [-0.25, -0.2) is 0 Å². The number of nitrogens with one attached hydrogen (secondary N) is 2. The topological polar surface area (TPSA) is 70.2 Å². The molecular weight excluding hydrogens is 254 g/mol. The number of hydrogen-bond acceptors (Lipinski definition) is 4. The van der Waals surface area contributed by atoms with Crippen molar-refractivity contribution < 1.29 is 9.84 Å². The maximum absolute atomic E-state index is 10.7. The summed E-state index contributed by atoms with van der Waals surface area (Å²) in [5.74, 6) is 0.230. The zero-order valence-corrected chi connectivity index (χ0v) is 12.2. The Balaban J connectivity index is 1.59. The molecule has 1 aliphatic carbocycles. The van der Waals surface area contributed by atoms with Crippen molar-refractivity contribution in [1.29, 1.82) is 0 Å². The Morgan fingerprint density at radius 2 is 2.40 bits per heavy atom. The minimum atomic E-state index is -0.710. The third kappa shape index (κ3) is 2.90. The number of H-pyrrole nitrogens is 1. The van der Waals surface area contributed by atoms with Crippen LogP contribution in [0.25, 0.3) is 0 Å². The largest absolute Gasteiger partial charge is 0.388 e. The van der Waals surface area contributed by atoms with E-state index in [2.05, 4.69) is 15.5 Å². The summed E-state index contributed by atoms with van der Waals surface area (Å²) >= 11 is 0. The Kier molecular flexibility index (Phi) is 4.10. The number of aliphatic hydroxyl groups is 1. The Labute approximate surface area is 120 Å². The predicted molar refractivity (Wildman–Crippen MR) is 76.4 cm³/mol. The van der Waals surface area contributed by atoms with E-state index >= 15 is 0 Å². The molecule has 0 saturated carbocycles. The molecule has 3 N–H and O–H groups in total. The second-order valence-electron chi connectivity index (χ2n) is 6.41. The highest BCUT2D eigenvalue weighted by Gasteiger charge is 2.34. The van der Waals surface area contributed by atoms with Gasteiger partial charge >= 0.3 is 0 Å². The third-order valence-corrected chi connectivity index (χ3v) is 4.78. The summed E-state index contributed by atoms with van der Waals surface area (Å²) in [6.45, 7) is 4.04. The molecule has 5 nitrogen and oxygen atoms in total. The van der Waals surface area contributed by atoms with Crippen molar-refractivity contribution in [3.05, 3.63) is 17.5 Å². The number of fused-ring (bicyclic) bond motifs is 1. The summed E-state index contributed by atoms with van der Waals surface area (Å²) in [6.07, 6.45) is 7.42. The highest BCUT2D eigenvalue weighted by Crippen LogP contribution is 2.30. The zero-order chi connectivity index (χ0) is 14.0. The van der Waals surface area contributed by atoms with Crippen LogP contribution in [0.2, 0.25) is 0 Å². The molecule has 0 bridgehead atoms. The molecule has 1 aromatic heterocycles. The molecule has 112 valence electrons. The Morgan fingerprint density at radius 3 is 3.20 bits per heavy atom. The van der Waals surface area contributed by atoms with Crippen LogP contribution < -0.4 is 5.32 Å². The molecule has 1 aromatic rings. The van der Waals surface area contributed by atoms with Crippen LogP contribution in [0.1, 0.15) is 49.9 Å². The van der Waals surface area contributed by atoms with Gasteiger partial charge in [-0.15, -0.1) is 0 Å². The molecule has 1 fully saturated rings. The summed E-state index contributed by atoms with van der Waals surface area (Å²) in [6, 6.07) is 0.289. The fourth-order valence-corrected chi connectivity index (χ4v) is 3.37. The number of hydrogen-bond donors (Lipinski definition) is 3. The highest BCUT2D eigenvalue weighted by molar-refractivity contribution is 5.22. The molecule has 1 saturated heterocycles. The summed E-state index contributed by atoms with van der Waals surface area (Å²) in [4.78, 5) is 0. The molecule has 1 aliphatic heterocycles. The van der Waals surface area contributed by atoms with E-state index in [0.29, 0.717) is 13.2 Å². The molecule has 3 atom stereocenters. The van der Waals surface area contributed by atoms with Crippen LogP contribution in [-0.4, -0.2) is 40.7 Å². The Hall–Kier alpha value is -0.910. The predicted octanol–water partition coefficient (Wildman–Crippen LogP) is 1.55. The average Bonchev–Trinajstić information content (AvgIpc) is 2.95. The minimum Gasteiger partial charge on any atom is -0.388 e. The fraction of sp³-hybridized carbons (Fsp3) is 0.800. The van der Waals surface area contributed by atoms with Crippen LogP contribution in [0.4, 0.5) is 0 Å². The molecular formula is C15H25N3O2. The van der Waals surface area contributed by atoms with E-state index in [-0.39, 0.29) is 12.0 Å². The van der Waals surface area contributed by atoms with Crippen LogP contribution >= 0.6 is 0 Å². The van der Waals surface area contributed by atoms with Gasteiger partial charge in [0, 0.05) is 25.1 Å². The van der Waals surface area contributed by atoms with Crippen molar-refractivity contribution in [3.63, 3.8) is 0 Å². The van der Waals surface area contributed by atoms with Gasteiger partial charge in [-0.2, -0.15) is 5.10 Å². The van der Waals surface area contributed by atoms with Gasteiger partial charge in [0.25, 0.3) is 0 Å². The van der Waals surface area contributed by atoms with Crippen LogP contribution in [0, 0.1) is 5.92 Å². The van der Waals surface area contributed by atoms with Gasteiger partial charge < -0.3 is 15.2 Å². The lowest BCUT2D eigenvalue weighted by Gasteiger charge is -2.37. The summed E-state index contributed by atoms with van der Waals surface area (Å²) in [5.41, 5.74) is 1.80. The van der Waals surface area contributed by atoms with Crippen molar-refractivity contribution in [2.45, 2.75) is 50.7 Å². The van der Waals surface area contributed by atoms with Crippen molar-refractivity contribution in [2.24, 2.45) is 5.92 Å². The van der Waals surface area contributed by atoms with Crippen molar-refractivity contribution in [2.75, 3.05) is 19.8 Å². The molecule has 3 rings (SSSR count). The van der Waals surface area contributed by atoms with E-state index in [0.717, 1.165) is 32.3 Å². The summed E-state index contributed by atoms with van der Waals surface area (Å²) < 4.78 is 5.50. The van der Waals surface area contributed by atoms with E-state index in [1.165, 1.54) is 17.7 Å². The van der Waals surface area contributed by atoms with Gasteiger partial charge in [0.05, 0.1) is 24.1 Å². The smallest absolute Gasteiger partial charge is 0.0793 e. The van der Waals surface area contributed by atoms with Crippen molar-refractivity contribution >= 4 is 0 Å². The quantitative estimate of drug-likeness (QED) is 0.782. The van der Waals surface area contributed by atoms with Gasteiger partial charge in [0.1, 0.15) is 0 Å². The average molecular weight is 279 g/mol. The second-order valence-corrected chi connectivity index (χ2v) is 6.41. The number of aromatic nitrogens is 2. The molecule has 0 spiro atoms. The lowest BCUT2D eigenvalue weighted by Crippen LogP contribution is -2.48. The van der Waals surface area contributed by atoms with Crippen LogP contribution in [0.3, 0.4) is 0 Å². The first kappa shape index (κ1) is 14.0. The number of aromatic amines is 1. The molecule has 0 radical (unpaired) electrons. The number of ether oxygens (including phenoxy) is 1. The van der Waals surface area contributed by atoms with Gasteiger partial charge in [-0.3, -0.25) is 5.10 Å². The monoisotopic (exact) mass is 279 g/mol. The van der Waals surface area contributed by atoms with Gasteiger partial charge in [-0.1, -0.05) is 0 Å². The zero-order valence-electron chi connectivity index (χ0n) is 12.2. The molecule has 20 heavy (non-hydrogen) atoms. The molecule has 3 unspecified atom stereocenters. The van der Waals surface area contributed by atoms with Gasteiger partial charge in [0.15, 0.2) is 0 Å². The lowest BCUT2D eigenvalue weighted by molar-refractivity contribution is -0.0677. The van der Waals surface area contributed by atoms with E-state index in [9.17, 15) is 5.11 Å². The summed E-state index contributed by atoms with van der Waals surface area (Å²) in [7, 11) is 0. The van der Waals surface area contributed by atoms with Crippen molar-refractivity contribution in [1.82, 2.24) is 15.5 Å². The van der Waals surface area contributed by atoms with Crippen LogP contribution in [0.5, 0.6) is 0 Å². The summed E-state index contributed by atoms with van der Waals surface area (Å²) in [5, 5.41) is 21.5. The highest BCUT2D eigenvalue weighted by atomic mass is 16.5. The molecule has 0 aromatic carbocycles. The molecule has 5 heteroatoms. The van der Waals surface area contributed by atoms with E-state index < -0.39 is 5.60 Å². The maximum Gasteiger partial charge on any atom is 0.0793 e. The standard InChI is InChI=1S/C15H25N3O2/c1-15(19,12-5-3-7-20-9-12)10-16-13-6-2-4-11-8-17-18-14(11)13/h8,12-13,16,19H,2-7,9-10H2,1H3,(H,17,18). The SMILES string of the molecule is CC(O)(CNC1CCCc2cn[nH]c21)C1CCCOC1. The van der Waals surface area contributed by atoms with E-state index in [1.807, 2.05) is 13.1 Å². The Morgan fingerprint density at radius 1 is 1.50 bits per heavy atom. The lowest BCUT2D eigenvalue weighted by atomic mass is 9.84. The molecule has 2 heterocycles. The first-order valence-electron chi connectivity index (χ1n) is 7.72. The van der Waals surface area contributed by atoms with Gasteiger partial charge in [-0.05, 0) is 44.6 Å². The fourth-order valence-electron chi connectivity index (χ4n) is 3.37. The normalized spacial score (nSPS) is 29.7. The molecule has 2 aliphatic rings. The number of nitrogens with zero attached hydrogens (tertiary/aromatic N) is 1. The first-order valence-corrected chi connectivity index (χ1v) is 7.72. The van der Waals surface area contributed by atoms with Gasteiger partial charge in [0.2, 0.25) is 0 Å². The second kappa shape index (κ2) is 5.84. The Bertz CT molecular complexity index is 438. The van der Waals surface area contributed by atoms with Crippen LogP contribution in [-0.2, 0) is 11.2 Å². The number of rotatable bonds is 4.